The Balaban J connectivity index is 2.21. The van der Waals surface area contributed by atoms with Crippen LogP contribution >= 0.6 is 0 Å². The van der Waals surface area contributed by atoms with E-state index in [4.69, 9.17) is 10.5 Å². The second-order valence-electron chi connectivity index (χ2n) is 4.21. The van der Waals surface area contributed by atoms with Gasteiger partial charge < -0.3 is 15.4 Å². The summed E-state index contributed by atoms with van der Waals surface area (Å²) in [6.45, 7) is 3.67. The van der Waals surface area contributed by atoms with Gasteiger partial charge in [0.2, 0.25) is 0 Å². The molecule has 0 bridgehead atoms. The molecule has 0 aromatic heterocycles. The van der Waals surface area contributed by atoms with Gasteiger partial charge in [0.1, 0.15) is 6.10 Å². The number of ether oxygens (including phenoxy) is 1. The largest absolute Gasteiger partial charge is 0.366 e. The summed E-state index contributed by atoms with van der Waals surface area (Å²) in [6, 6.07) is 7.90. The third-order valence-electron chi connectivity index (χ3n) is 3.01. The van der Waals surface area contributed by atoms with Crippen molar-refractivity contribution < 1.29 is 9.53 Å². The minimum absolute atomic E-state index is 0.0241. The van der Waals surface area contributed by atoms with Crippen molar-refractivity contribution in [1.29, 1.82) is 0 Å². The van der Waals surface area contributed by atoms with Gasteiger partial charge in [0.15, 0.2) is 0 Å². The van der Waals surface area contributed by atoms with Gasteiger partial charge in [0.05, 0.1) is 6.61 Å². The van der Waals surface area contributed by atoms with E-state index < -0.39 is 0 Å². The van der Waals surface area contributed by atoms with E-state index in [1.54, 1.807) is 4.90 Å². The van der Waals surface area contributed by atoms with E-state index >= 15 is 0 Å². The molecule has 0 radical (unpaired) electrons. The molecule has 0 saturated carbocycles. The number of para-hydroxylation sites is 1. The SMILES string of the molecule is Cc1ccccc1N1CCOC(CCN)C1=O. The maximum Gasteiger partial charge on any atom is 0.256 e. The minimum atomic E-state index is -0.381. The van der Waals surface area contributed by atoms with Crippen LogP contribution in [0.5, 0.6) is 0 Å². The molecule has 1 unspecified atom stereocenters. The van der Waals surface area contributed by atoms with Crippen molar-refractivity contribution in [1.82, 2.24) is 0 Å². The number of nitrogens with zero attached hydrogens (tertiary/aromatic N) is 1. The summed E-state index contributed by atoms with van der Waals surface area (Å²) in [5, 5.41) is 0. The summed E-state index contributed by atoms with van der Waals surface area (Å²) < 4.78 is 5.45. The molecule has 17 heavy (non-hydrogen) atoms. The van der Waals surface area contributed by atoms with E-state index in [1.165, 1.54) is 0 Å². The Hall–Kier alpha value is -1.39. The Morgan fingerprint density at radius 3 is 2.94 bits per heavy atom. The van der Waals surface area contributed by atoms with E-state index in [9.17, 15) is 4.79 Å². The highest BCUT2D eigenvalue weighted by Gasteiger charge is 2.30. The van der Waals surface area contributed by atoms with Gasteiger partial charge in [-0.1, -0.05) is 18.2 Å². The molecule has 1 aromatic carbocycles. The van der Waals surface area contributed by atoms with Gasteiger partial charge in [-0.2, -0.15) is 0 Å². The van der Waals surface area contributed by atoms with Gasteiger partial charge in [0.25, 0.3) is 5.91 Å². The summed E-state index contributed by atoms with van der Waals surface area (Å²) >= 11 is 0. The molecule has 2 rings (SSSR count). The lowest BCUT2D eigenvalue weighted by Crippen LogP contribution is -2.48. The summed E-state index contributed by atoms with van der Waals surface area (Å²) in [6.07, 6.45) is 0.203. The first-order chi connectivity index (χ1) is 8.24. The number of rotatable bonds is 3. The van der Waals surface area contributed by atoms with E-state index in [-0.39, 0.29) is 12.0 Å². The van der Waals surface area contributed by atoms with Gasteiger partial charge in [0, 0.05) is 12.2 Å². The zero-order valence-corrected chi connectivity index (χ0v) is 10.1. The zero-order chi connectivity index (χ0) is 12.3. The van der Waals surface area contributed by atoms with Crippen LogP contribution in [0.15, 0.2) is 24.3 Å². The molecule has 2 N–H and O–H groups in total. The summed E-state index contributed by atoms with van der Waals surface area (Å²) in [5.41, 5.74) is 7.57. The van der Waals surface area contributed by atoms with Crippen LogP contribution in [0.25, 0.3) is 0 Å². The van der Waals surface area contributed by atoms with Crippen LogP contribution in [-0.4, -0.2) is 31.7 Å². The van der Waals surface area contributed by atoms with Crippen molar-refractivity contribution >= 4 is 11.6 Å². The zero-order valence-electron chi connectivity index (χ0n) is 10.1. The molecule has 0 spiro atoms. The smallest absolute Gasteiger partial charge is 0.256 e. The number of benzene rings is 1. The molecule has 4 heteroatoms. The third-order valence-corrected chi connectivity index (χ3v) is 3.01. The molecule has 0 aliphatic carbocycles. The van der Waals surface area contributed by atoms with Crippen molar-refractivity contribution in [2.75, 3.05) is 24.6 Å². The maximum absolute atomic E-state index is 12.2. The van der Waals surface area contributed by atoms with Gasteiger partial charge in [-0.15, -0.1) is 0 Å². The fourth-order valence-electron chi connectivity index (χ4n) is 2.11. The molecule has 1 aromatic rings. The van der Waals surface area contributed by atoms with Crippen LogP contribution in [-0.2, 0) is 9.53 Å². The van der Waals surface area contributed by atoms with Crippen LogP contribution in [0.3, 0.4) is 0 Å². The molecule has 92 valence electrons. The highest BCUT2D eigenvalue weighted by atomic mass is 16.5. The number of hydrogen-bond acceptors (Lipinski definition) is 3. The molecule has 1 saturated heterocycles. The van der Waals surface area contributed by atoms with Gasteiger partial charge in [-0.05, 0) is 31.5 Å². The first-order valence-corrected chi connectivity index (χ1v) is 5.92. The number of nitrogens with two attached hydrogens (primary N) is 1. The predicted octanol–water partition coefficient (Wildman–Crippen LogP) is 1.08. The average molecular weight is 234 g/mol. The van der Waals surface area contributed by atoms with Gasteiger partial charge in [-0.25, -0.2) is 0 Å². The van der Waals surface area contributed by atoms with E-state index in [2.05, 4.69) is 0 Å². The lowest BCUT2D eigenvalue weighted by atomic mass is 10.1. The van der Waals surface area contributed by atoms with Crippen molar-refractivity contribution in [3.63, 3.8) is 0 Å². The summed E-state index contributed by atoms with van der Waals surface area (Å²) in [7, 11) is 0. The number of hydrogen-bond donors (Lipinski definition) is 1. The highest BCUT2D eigenvalue weighted by Crippen LogP contribution is 2.23. The number of carbonyl (C=O) groups is 1. The maximum atomic E-state index is 12.2. The minimum Gasteiger partial charge on any atom is -0.366 e. The Labute approximate surface area is 101 Å². The first-order valence-electron chi connectivity index (χ1n) is 5.92. The van der Waals surface area contributed by atoms with Crippen molar-refractivity contribution in [2.24, 2.45) is 5.73 Å². The van der Waals surface area contributed by atoms with Crippen LogP contribution in [0.1, 0.15) is 12.0 Å². The monoisotopic (exact) mass is 234 g/mol. The Kier molecular flexibility index (Phi) is 3.76. The van der Waals surface area contributed by atoms with E-state index in [0.717, 1.165) is 11.3 Å². The number of carbonyl (C=O) groups excluding carboxylic acids is 1. The second-order valence-corrected chi connectivity index (χ2v) is 4.21. The lowest BCUT2D eigenvalue weighted by molar-refractivity contribution is -0.134. The lowest BCUT2D eigenvalue weighted by Gasteiger charge is -2.33. The normalized spacial score (nSPS) is 20.7. The second kappa shape index (κ2) is 5.29. The Morgan fingerprint density at radius 1 is 1.47 bits per heavy atom. The predicted molar refractivity (Wildman–Crippen MR) is 66.9 cm³/mol. The Bertz CT molecular complexity index is 404. The molecule has 1 heterocycles. The van der Waals surface area contributed by atoms with Crippen LogP contribution in [0.4, 0.5) is 5.69 Å². The van der Waals surface area contributed by atoms with E-state index in [1.807, 2.05) is 31.2 Å². The fourth-order valence-corrected chi connectivity index (χ4v) is 2.11. The fraction of sp³-hybridized carbons (Fsp3) is 0.462. The van der Waals surface area contributed by atoms with Crippen molar-refractivity contribution in [3.05, 3.63) is 29.8 Å². The molecule has 1 aliphatic heterocycles. The van der Waals surface area contributed by atoms with Crippen LogP contribution < -0.4 is 10.6 Å². The van der Waals surface area contributed by atoms with Gasteiger partial charge in [-0.3, -0.25) is 4.79 Å². The first kappa shape index (κ1) is 12.1. The molecule has 1 fully saturated rings. The Morgan fingerprint density at radius 2 is 2.24 bits per heavy atom. The highest BCUT2D eigenvalue weighted by molar-refractivity contribution is 5.97. The van der Waals surface area contributed by atoms with Crippen molar-refractivity contribution in [3.8, 4) is 0 Å². The van der Waals surface area contributed by atoms with Crippen LogP contribution in [0, 0.1) is 6.92 Å². The third kappa shape index (κ3) is 2.48. The molecule has 1 aliphatic rings. The number of morpholine rings is 1. The standard InChI is InChI=1S/C13H18N2O2/c1-10-4-2-3-5-11(10)15-8-9-17-12(6-7-14)13(15)16/h2-5,12H,6-9,14H2,1H3. The average Bonchev–Trinajstić information content (AvgIpc) is 2.33. The van der Waals surface area contributed by atoms with Gasteiger partial charge >= 0.3 is 0 Å². The molecule has 1 amide bonds. The molecular weight excluding hydrogens is 216 g/mol. The number of amides is 1. The summed E-state index contributed by atoms with van der Waals surface area (Å²) in [4.78, 5) is 14.0. The van der Waals surface area contributed by atoms with E-state index in [0.29, 0.717) is 26.1 Å². The molecular formula is C13H18N2O2. The number of anilines is 1. The van der Waals surface area contributed by atoms with Crippen LogP contribution in [0.2, 0.25) is 0 Å². The molecule has 4 nitrogen and oxygen atoms in total. The number of aryl methyl sites for hydroxylation is 1. The summed E-state index contributed by atoms with van der Waals surface area (Å²) in [5.74, 6) is 0.0241. The quantitative estimate of drug-likeness (QED) is 0.851. The topological polar surface area (TPSA) is 55.6 Å². The molecule has 1 atom stereocenters. The van der Waals surface area contributed by atoms with Crippen molar-refractivity contribution in [2.45, 2.75) is 19.4 Å².